The minimum Gasteiger partial charge on any atom is -0.475 e. The van der Waals surface area contributed by atoms with Crippen LogP contribution in [0.4, 0.5) is 13.2 Å². The Morgan fingerprint density at radius 1 is 1.29 bits per heavy atom. The Bertz CT molecular complexity index is 740. The van der Waals surface area contributed by atoms with Crippen LogP contribution in [0.25, 0.3) is 0 Å². The molecule has 0 unspecified atom stereocenters. The number of hydrogen-bond donors (Lipinski definition) is 2. The minimum atomic E-state index is -5.08. The molecule has 1 aromatic rings. The summed E-state index contributed by atoms with van der Waals surface area (Å²) in [6.45, 7) is 5.53. The maximum absolute atomic E-state index is 13.0. The number of rotatable bonds is 5. The van der Waals surface area contributed by atoms with Crippen LogP contribution in [-0.4, -0.2) is 80.2 Å². The van der Waals surface area contributed by atoms with Crippen molar-refractivity contribution in [1.29, 1.82) is 0 Å². The number of thiophene rings is 1. The number of amides is 1. The van der Waals surface area contributed by atoms with Gasteiger partial charge >= 0.3 is 12.1 Å². The number of ether oxygens (including phenoxy) is 2. The molecule has 0 aliphatic carbocycles. The summed E-state index contributed by atoms with van der Waals surface area (Å²) in [6, 6.07) is 4.75. The van der Waals surface area contributed by atoms with Gasteiger partial charge in [0.05, 0.1) is 18.6 Å². The maximum atomic E-state index is 13.0. The van der Waals surface area contributed by atoms with E-state index in [1.807, 2.05) is 0 Å². The van der Waals surface area contributed by atoms with Gasteiger partial charge in [-0.25, -0.2) is 4.79 Å². The van der Waals surface area contributed by atoms with E-state index in [9.17, 15) is 18.0 Å². The molecule has 2 atom stereocenters. The van der Waals surface area contributed by atoms with E-state index in [1.54, 1.807) is 11.3 Å². The third kappa shape index (κ3) is 5.97. The quantitative estimate of drug-likeness (QED) is 0.695. The van der Waals surface area contributed by atoms with E-state index in [4.69, 9.17) is 19.4 Å². The van der Waals surface area contributed by atoms with E-state index in [0.29, 0.717) is 25.1 Å². The Morgan fingerprint density at radius 3 is 2.61 bits per heavy atom. The number of aliphatic carboxylic acids is 1. The molecule has 1 amide bonds. The van der Waals surface area contributed by atoms with Crippen LogP contribution >= 0.6 is 11.3 Å². The topological polar surface area (TPSA) is 88.1 Å². The predicted octanol–water partition coefficient (Wildman–Crippen LogP) is 2.17. The highest BCUT2D eigenvalue weighted by Gasteiger charge is 2.56. The second-order valence-corrected chi connectivity index (χ2v) is 9.06. The summed E-state index contributed by atoms with van der Waals surface area (Å²) in [7, 11) is 0. The summed E-state index contributed by atoms with van der Waals surface area (Å²) in [5.74, 6) is -2.23. The molecule has 4 rings (SSSR count). The molecule has 3 aliphatic heterocycles. The fraction of sp³-hybridized carbons (Fsp3) is 0.700. The molecule has 3 saturated heterocycles. The summed E-state index contributed by atoms with van der Waals surface area (Å²) in [5.41, 5.74) is -0.340. The monoisotopic (exact) mass is 464 g/mol. The molecule has 3 aliphatic rings. The van der Waals surface area contributed by atoms with Crippen LogP contribution in [0.5, 0.6) is 0 Å². The van der Waals surface area contributed by atoms with Crippen molar-refractivity contribution in [2.75, 3.05) is 46.1 Å². The van der Waals surface area contributed by atoms with Crippen molar-refractivity contribution in [1.82, 2.24) is 10.2 Å². The van der Waals surface area contributed by atoms with Crippen molar-refractivity contribution in [3.05, 3.63) is 22.4 Å². The van der Waals surface area contributed by atoms with Crippen LogP contribution in [0.15, 0.2) is 17.5 Å². The Morgan fingerprint density at radius 2 is 2.00 bits per heavy atom. The number of nitrogens with zero attached hydrogens (tertiary/aromatic N) is 1. The first-order valence-corrected chi connectivity index (χ1v) is 11.1. The number of carboxylic acid groups (broad SMARTS) is 1. The Hall–Kier alpha value is -1.69. The summed E-state index contributed by atoms with van der Waals surface area (Å²) in [4.78, 5) is 25.7. The number of halogens is 3. The van der Waals surface area contributed by atoms with E-state index in [2.05, 4.69) is 27.7 Å². The first-order chi connectivity index (χ1) is 14.7. The molecular formula is C20H27F3N2O5S. The summed E-state index contributed by atoms with van der Waals surface area (Å²) in [6.07, 6.45) is -2.00. The van der Waals surface area contributed by atoms with Crippen molar-refractivity contribution in [2.24, 2.45) is 11.3 Å². The molecule has 3 fully saturated rings. The highest BCUT2D eigenvalue weighted by Crippen LogP contribution is 2.43. The van der Waals surface area contributed by atoms with Gasteiger partial charge in [0.25, 0.3) is 0 Å². The first kappa shape index (κ1) is 24.0. The highest BCUT2D eigenvalue weighted by molar-refractivity contribution is 7.09. The van der Waals surface area contributed by atoms with E-state index in [0.717, 1.165) is 52.2 Å². The van der Waals surface area contributed by atoms with Crippen LogP contribution in [-0.2, 0) is 25.5 Å². The lowest BCUT2D eigenvalue weighted by Crippen LogP contribution is -2.48. The number of hydrogen-bond acceptors (Lipinski definition) is 6. The Labute approximate surface area is 182 Å². The van der Waals surface area contributed by atoms with Crippen LogP contribution in [0, 0.1) is 11.3 Å². The Kier molecular flexibility index (Phi) is 7.95. The maximum Gasteiger partial charge on any atom is 0.490 e. The van der Waals surface area contributed by atoms with E-state index in [1.165, 1.54) is 4.88 Å². The Balaban J connectivity index is 0.000000339. The molecule has 11 heteroatoms. The van der Waals surface area contributed by atoms with E-state index >= 15 is 0 Å². The molecule has 4 heterocycles. The lowest BCUT2D eigenvalue weighted by Gasteiger charge is -2.32. The number of carboxylic acids is 1. The van der Waals surface area contributed by atoms with Gasteiger partial charge in [-0.2, -0.15) is 13.2 Å². The molecule has 174 valence electrons. The normalized spacial score (nSPS) is 26.7. The second-order valence-electron chi connectivity index (χ2n) is 8.03. The molecule has 1 aromatic heterocycles. The summed E-state index contributed by atoms with van der Waals surface area (Å²) in [5, 5.41) is 12.4. The number of likely N-dealkylation sites (tertiary alicyclic amines) is 1. The van der Waals surface area contributed by atoms with Crippen LogP contribution < -0.4 is 5.32 Å². The number of carbonyl (C=O) groups excluding carboxylic acids is 1. The fourth-order valence-corrected chi connectivity index (χ4v) is 5.06. The molecule has 0 radical (unpaired) electrons. The zero-order valence-corrected chi connectivity index (χ0v) is 17.8. The van der Waals surface area contributed by atoms with Gasteiger partial charge < -0.3 is 19.9 Å². The van der Waals surface area contributed by atoms with Gasteiger partial charge in [0.2, 0.25) is 5.91 Å². The van der Waals surface area contributed by atoms with Crippen molar-refractivity contribution < 1.29 is 37.3 Å². The van der Waals surface area contributed by atoms with Crippen molar-refractivity contribution in [3.8, 4) is 0 Å². The number of fused-ring (bicyclic) bond motifs is 1. The summed E-state index contributed by atoms with van der Waals surface area (Å²) >= 11 is 1.75. The zero-order chi connectivity index (χ0) is 22.5. The van der Waals surface area contributed by atoms with Crippen molar-refractivity contribution >= 4 is 23.2 Å². The molecule has 0 aromatic carbocycles. The van der Waals surface area contributed by atoms with Gasteiger partial charge in [0.1, 0.15) is 0 Å². The molecular weight excluding hydrogens is 437 g/mol. The van der Waals surface area contributed by atoms with E-state index < -0.39 is 12.1 Å². The molecule has 2 N–H and O–H groups in total. The van der Waals surface area contributed by atoms with Crippen molar-refractivity contribution in [3.63, 3.8) is 0 Å². The number of alkyl halides is 3. The average Bonchev–Trinajstić information content (AvgIpc) is 3.44. The highest BCUT2D eigenvalue weighted by atomic mass is 32.1. The third-order valence-corrected chi connectivity index (χ3v) is 6.98. The first-order valence-electron chi connectivity index (χ1n) is 10.2. The SMILES string of the molecule is O=C(NCCc1cccs1)[C@]12COC[C@H]1CN(C1CCOCC1)C2.O=C(O)C(F)(F)F. The summed E-state index contributed by atoms with van der Waals surface area (Å²) < 4.78 is 42.9. The van der Waals surface area contributed by atoms with Gasteiger partial charge in [-0.3, -0.25) is 9.69 Å². The van der Waals surface area contributed by atoms with Gasteiger partial charge in [0.15, 0.2) is 0 Å². The smallest absolute Gasteiger partial charge is 0.475 e. The van der Waals surface area contributed by atoms with Gasteiger partial charge in [-0.15, -0.1) is 11.3 Å². The van der Waals surface area contributed by atoms with Crippen LogP contribution in [0.2, 0.25) is 0 Å². The molecule has 7 nitrogen and oxygen atoms in total. The predicted molar refractivity (Wildman–Crippen MR) is 107 cm³/mol. The van der Waals surface area contributed by atoms with Gasteiger partial charge in [-0.05, 0) is 30.7 Å². The van der Waals surface area contributed by atoms with Crippen LogP contribution in [0.3, 0.4) is 0 Å². The molecule has 31 heavy (non-hydrogen) atoms. The largest absolute Gasteiger partial charge is 0.490 e. The number of carbonyl (C=O) groups is 2. The lowest BCUT2D eigenvalue weighted by molar-refractivity contribution is -0.192. The van der Waals surface area contributed by atoms with Crippen LogP contribution in [0.1, 0.15) is 17.7 Å². The standard InChI is InChI=1S/C18H26N2O3S.C2HF3O2/c21-17(19-6-3-16-2-1-9-24-16)18-12-20(10-14(18)11-23-13-18)15-4-7-22-8-5-15;3-2(4,5)1(6)7/h1-2,9,14-15H,3-8,10-13H2,(H,19,21);(H,6,7)/t14-,18-;/m1./s1. The zero-order valence-electron chi connectivity index (χ0n) is 17.0. The number of nitrogens with one attached hydrogen (secondary N) is 1. The fourth-order valence-electron chi connectivity index (χ4n) is 4.35. The van der Waals surface area contributed by atoms with Gasteiger partial charge in [-0.1, -0.05) is 6.07 Å². The molecule has 0 spiro atoms. The minimum absolute atomic E-state index is 0.191. The van der Waals surface area contributed by atoms with Crippen molar-refractivity contribution in [2.45, 2.75) is 31.5 Å². The third-order valence-electron chi connectivity index (χ3n) is 6.04. The average molecular weight is 465 g/mol. The second kappa shape index (κ2) is 10.3. The molecule has 0 bridgehead atoms. The molecule has 0 saturated carbocycles. The van der Waals surface area contributed by atoms with Gasteiger partial charge in [0, 0.05) is 49.7 Å². The lowest BCUT2D eigenvalue weighted by atomic mass is 9.80. The van der Waals surface area contributed by atoms with E-state index in [-0.39, 0.29) is 11.3 Å².